The highest BCUT2D eigenvalue weighted by Crippen LogP contribution is 2.32. The Morgan fingerprint density at radius 3 is 2.85 bits per heavy atom. The number of fused-ring (bicyclic) bond motifs is 1. The maximum atomic E-state index is 12.1. The highest BCUT2D eigenvalue weighted by Gasteiger charge is 2.30. The molecule has 1 saturated heterocycles. The summed E-state index contributed by atoms with van der Waals surface area (Å²) in [4.78, 5) is 23.5. The average molecular weight is 353 g/mol. The largest absolute Gasteiger partial charge is 0.464 e. The molecular formula is C21H23NO4. The summed E-state index contributed by atoms with van der Waals surface area (Å²) in [5.74, 6) is 5.52. The van der Waals surface area contributed by atoms with Crippen LogP contribution in [0.1, 0.15) is 62.0 Å². The first kappa shape index (κ1) is 18.2. The van der Waals surface area contributed by atoms with Crippen LogP contribution >= 0.6 is 0 Å². The summed E-state index contributed by atoms with van der Waals surface area (Å²) < 4.78 is 5.58. The summed E-state index contributed by atoms with van der Waals surface area (Å²) in [6.07, 6.45) is 7.29. The van der Waals surface area contributed by atoms with Gasteiger partial charge < -0.3 is 9.52 Å². The van der Waals surface area contributed by atoms with Crippen molar-refractivity contribution >= 4 is 22.8 Å². The van der Waals surface area contributed by atoms with Gasteiger partial charge in [-0.1, -0.05) is 24.7 Å². The lowest BCUT2D eigenvalue weighted by atomic mass is 9.90. The topological polar surface area (TPSA) is 79.5 Å². The van der Waals surface area contributed by atoms with Crippen molar-refractivity contribution in [3.05, 3.63) is 35.6 Å². The average Bonchev–Trinajstić information content (AvgIpc) is 3.04. The lowest BCUT2D eigenvalue weighted by Gasteiger charge is -2.19. The third-order valence-electron chi connectivity index (χ3n) is 4.66. The van der Waals surface area contributed by atoms with Gasteiger partial charge in [-0.15, -0.1) is 0 Å². The second-order valence-electron chi connectivity index (χ2n) is 6.60. The Labute approximate surface area is 152 Å². The van der Waals surface area contributed by atoms with E-state index >= 15 is 0 Å². The molecule has 2 heterocycles. The molecule has 26 heavy (non-hydrogen) atoms. The number of hydrogen-bond acceptors (Lipinski definition) is 4. The first-order valence-electron chi connectivity index (χ1n) is 9.13. The van der Waals surface area contributed by atoms with Crippen LogP contribution in [0.5, 0.6) is 0 Å². The van der Waals surface area contributed by atoms with Crippen molar-refractivity contribution in [3.8, 4) is 11.8 Å². The molecule has 0 aliphatic carbocycles. The molecule has 1 fully saturated rings. The fourth-order valence-electron chi connectivity index (χ4n) is 3.23. The zero-order valence-electron chi connectivity index (χ0n) is 14.7. The van der Waals surface area contributed by atoms with Crippen molar-refractivity contribution in [2.75, 3.05) is 6.61 Å². The van der Waals surface area contributed by atoms with Crippen molar-refractivity contribution in [3.63, 3.8) is 0 Å². The second-order valence-corrected chi connectivity index (χ2v) is 6.60. The van der Waals surface area contributed by atoms with Gasteiger partial charge in [0, 0.05) is 36.0 Å². The smallest absolute Gasteiger partial charge is 0.234 e. The first-order chi connectivity index (χ1) is 12.7. The number of hydrogen-bond donors (Lipinski definition) is 2. The van der Waals surface area contributed by atoms with Gasteiger partial charge in [0.05, 0.1) is 12.2 Å². The van der Waals surface area contributed by atoms with E-state index in [1.807, 2.05) is 18.2 Å². The summed E-state index contributed by atoms with van der Waals surface area (Å²) in [5.41, 5.74) is 2.43. The van der Waals surface area contributed by atoms with E-state index in [4.69, 9.17) is 9.52 Å². The van der Waals surface area contributed by atoms with E-state index in [9.17, 15) is 9.59 Å². The second kappa shape index (κ2) is 8.68. The van der Waals surface area contributed by atoms with Crippen LogP contribution < -0.4 is 5.32 Å². The number of imide groups is 1. The number of rotatable bonds is 6. The fourth-order valence-corrected chi connectivity index (χ4v) is 3.23. The Kier molecular flexibility index (Phi) is 6.08. The lowest BCUT2D eigenvalue weighted by Crippen LogP contribution is -2.39. The number of unbranched alkanes of at least 4 members (excludes halogenated alkanes) is 4. The maximum Gasteiger partial charge on any atom is 0.234 e. The Hall–Kier alpha value is -2.58. The maximum absolute atomic E-state index is 12.1. The molecule has 1 aromatic heterocycles. The molecule has 1 unspecified atom stereocenters. The number of aliphatic hydroxyl groups is 1. The van der Waals surface area contributed by atoms with Gasteiger partial charge in [0.15, 0.2) is 0 Å². The van der Waals surface area contributed by atoms with E-state index in [1.165, 1.54) is 0 Å². The molecular weight excluding hydrogens is 330 g/mol. The molecule has 2 N–H and O–H groups in total. The Morgan fingerprint density at radius 1 is 1.19 bits per heavy atom. The Morgan fingerprint density at radius 2 is 2.04 bits per heavy atom. The van der Waals surface area contributed by atoms with Crippen LogP contribution in [-0.4, -0.2) is 23.5 Å². The number of aliphatic hydroxyl groups excluding tert-OH is 1. The minimum absolute atomic E-state index is 0.218. The van der Waals surface area contributed by atoms with Crippen LogP contribution in [0.15, 0.2) is 28.9 Å². The third-order valence-corrected chi connectivity index (χ3v) is 4.66. The number of furan rings is 1. The zero-order chi connectivity index (χ0) is 18.4. The van der Waals surface area contributed by atoms with Gasteiger partial charge in [0.2, 0.25) is 11.8 Å². The molecule has 1 aromatic carbocycles. The summed E-state index contributed by atoms with van der Waals surface area (Å²) in [6, 6.07) is 5.74. The Balaban J connectivity index is 1.70. The summed E-state index contributed by atoms with van der Waals surface area (Å²) in [5, 5.41) is 12.0. The van der Waals surface area contributed by atoms with Crippen LogP contribution in [0.3, 0.4) is 0 Å². The summed E-state index contributed by atoms with van der Waals surface area (Å²) >= 11 is 0. The van der Waals surface area contributed by atoms with Gasteiger partial charge in [0.25, 0.3) is 0 Å². The fraction of sp³-hybridized carbons (Fsp3) is 0.429. The number of carbonyl (C=O) groups excluding carboxylic acids is 2. The van der Waals surface area contributed by atoms with Gasteiger partial charge in [-0.3, -0.25) is 14.9 Å². The quantitative estimate of drug-likeness (QED) is 0.475. The van der Waals surface area contributed by atoms with Crippen LogP contribution in [0, 0.1) is 11.8 Å². The molecule has 1 aliphatic rings. The minimum atomic E-state index is -0.358. The molecule has 1 aliphatic heterocycles. The predicted molar refractivity (Wildman–Crippen MR) is 98.4 cm³/mol. The van der Waals surface area contributed by atoms with Crippen LogP contribution in [0.2, 0.25) is 0 Å². The number of amides is 2. The van der Waals surface area contributed by atoms with Crippen LogP contribution in [0.4, 0.5) is 0 Å². The predicted octanol–water partition coefficient (Wildman–Crippen LogP) is 3.25. The van der Waals surface area contributed by atoms with Gasteiger partial charge >= 0.3 is 0 Å². The van der Waals surface area contributed by atoms with Crippen LogP contribution in [-0.2, 0) is 9.59 Å². The van der Waals surface area contributed by atoms with E-state index in [1.54, 1.807) is 6.26 Å². The molecule has 5 heteroatoms. The molecule has 2 amide bonds. The molecule has 3 rings (SSSR count). The SMILES string of the molecule is O=C1CCC(c2coc3ccc(C#CCCCCCCO)cc23)C(=O)N1. The number of benzene rings is 1. The molecule has 5 nitrogen and oxygen atoms in total. The van der Waals surface area contributed by atoms with Crippen molar-refractivity contribution < 1.29 is 19.1 Å². The Bertz CT molecular complexity index is 856. The van der Waals surface area contributed by atoms with E-state index in [-0.39, 0.29) is 24.3 Å². The third kappa shape index (κ3) is 4.33. The van der Waals surface area contributed by atoms with Crippen molar-refractivity contribution in [1.29, 1.82) is 0 Å². The monoisotopic (exact) mass is 353 g/mol. The van der Waals surface area contributed by atoms with E-state index < -0.39 is 0 Å². The molecule has 0 spiro atoms. The van der Waals surface area contributed by atoms with Crippen LogP contribution in [0.25, 0.3) is 11.0 Å². The van der Waals surface area contributed by atoms with Crippen molar-refractivity contribution in [2.24, 2.45) is 0 Å². The number of carbonyl (C=O) groups is 2. The highest BCUT2D eigenvalue weighted by molar-refractivity contribution is 6.02. The minimum Gasteiger partial charge on any atom is -0.464 e. The normalized spacial score (nSPS) is 17.0. The van der Waals surface area contributed by atoms with Crippen molar-refractivity contribution in [2.45, 2.75) is 50.9 Å². The molecule has 136 valence electrons. The molecule has 0 saturated carbocycles. The van der Waals surface area contributed by atoms with Crippen molar-refractivity contribution in [1.82, 2.24) is 5.32 Å². The first-order valence-corrected chi connectivity index (χ1v) is 9.13. The van der Waals surface area contributed by atoms with E-state index in [0.29, 0.717) is 12.8 Å². The van der Waals surface area contributed by atoms with Gasteiger partial charge in [-0.05, 0) is 37.5 Å². The highest BCUT2D eigenvalue weighted by atomic mass is 16.3. The molecule has 0 radical (unpaired) electrons. The van der Waals surface area contributed by atoms with E-state index in [0.717, 1.165) is 54.2 Å². The molecule has 1 atom stereocenters. The number of nitrogens with one attached hydrogen (secondary N) is 1. The van der Waals surface area contributed by atoms with Gasteiger partial charge in [0.1, 0.15) is 5.58 Å². The zero-order valence-corrected chi connectivity index (χ0v) is 14.7. The van der Waals surface area contributed by atoms with Gasteiger partial charge in [-0.25, -0.2) is 0 Å². The number of piperidine rings is 1. The standard InChI is InChI=1S/C21H23NO4/c23-12-6-4-2-1-3-5-7-15-8-10-19-17(13-15)18(14-26-19)16-9-11-20(24)22-21(16)25/h8,10,13-14,16,23H,1-4,6,9,11-12H2,(H,22,24,25). The summed E-state index contributed by atoms with van der Waals surface area (Å²) in [6.45, 7) is 0.256. The van der Waals surface area contributed by atoms with E-state index in [2.05, 4.69) is 17.2 Å². The summed E-state index contributed by atoms with van der Waals surface area (Å²) in [7, 11) is 0. The molecule has 0 bridgehead atoms. The molecule has 2 aromatic rings. The van der Waals surface area contributed by atoms with Gasteiger partial charge in [-0.2, -0.15) is 0 Å². The lowest BCUT2D eigenvalue weighted by molar-refractivity contribution is -0.134.